The van der Waals surface area contributed by atoms with E-state index in [2.05, 4.69) is 13.2 Å². The third-order valence-corrected chi connectivity index (χ3v) is 33.7. The van der Waals surface area contributed by atoms with Gasteiger partial charge in [-0.3, -0.25) is 0 Å². The van der Waals surface area contributed by atoms with Crippen molar-refractivity contribution in [2.45, 2.75) is 43.6 Å². The van der Waals surface area contributed by atoms with E-state index in [4.69, 9.17) is 0 Å². The molecule has 0 aromatic rings. The van der Waals surface area contributed by atoms with Gasteiger partial charge in [0.25, 0.3) is 0 Å². The van der Waals surface area contributed by atoms with Gasteiger partial charge in [-0.15, -0.1) is 0 Å². The van der Waals surface area contributed by atoms with Crippen LogP contribution >= 0.6 is 0 Å². The Balaban J connectivity index is 2.61. The fourth-order valence-electron chi connectivity index (χ4n) is 1.59. The van der Waals surface area contributed by atoms with Crippen LogP contribution in [0.5, 0.6) is 0 Å². The zero-order valence-electron chi connectivity index (χ0n) is 12.1. The molecule has 1 rings (SSSR count). The number of rotatable bonds is 8. The predicted molar refractivity (Wildman–Crippen MR) is 91.3 cm³/mol. The second-order valence-corrected chi connectivity index (χ2v) is 24.6. The molecule has 1 heterocycles. The van der Waals surface area contributed by atoms with Gasteiger partial charge in [-0.2, -0.15) is 0 Å². The van der Waals surface area contributed by atoms with Gasteiger partial charge in [-0.05, 0) is 0 Å². The molecule has 0 aliphatic carbocycles. The normalized spacial score (nSPS) is 19.1. The first kappa shape index (κ1) is 18.9. The minimum absolute atomic E-state index is 0.0710. The van der Waals surface area contributed by atoms with Crippen LogP contribution in [0.4, 0.5) is 0 Å². The van der Waals surface area contributed by atoms with Crippen LogP contribution < -0.4 is 0 Å². The van der Waals surface area contributed by atoms with Crippen LogP contribution in [-0.4, -0.2) is 67.1 Å². The maximum absolute atomic E-state index is 11.9. The van der Waals surface area contributed by atoms with Crippen molar-refractivity contribution >= 4 is 67.1 Å². The summed E-state index contributed by atoms with van der Waals surface area (Å²) in [5.41, 5.74) is 1.42. The van der Waals surface area contributed by atoms with E-state index >= 15 is 0 Å². The molecule has 1 aliphatic rings. The zero-order valence-corrected chi connectivity index (χ0v) is 19.0. The minimum atomic E-state index is -1.54. The van der Waals surface area contributed by atoms with E-state index in [-0.39, 0.29) is 39.3 Å². The first-order valence-electron chi connectivity index (χ1n) is 6.33. The van der Waals surface area contributed by atoms with E-state index < -0.39 is 12.8 Å². The van der Waals surface area contributed by atoms with Crippen molar-refractivity contribution in [1.82, 2.24) is 0 Å². The first-order valence-corrected chi connectivity index (χ1v) is 17.7. The fraction of sp³-hybridized carbons (Fsp3) is 0.571. The Morgan fingerprint density at radius 2 is 1.60 bits per heavy atom. The number of carbonyl (C=O) groups excluding carboxylic acids is 2. The van der Waals surface area contributed by atoms with Crippen LogP contribution in [0.2, 0.25) is 23.3 Å². The molecule has 1 fully saturated rings. The molecule has 114 valence electrons. The molecule has 6 heteroatoms. The molecule has 0 aromatic carbocycles. The van der Waals surface area contributed by atoms with Gasteiger partial charge < -0.3 is 0 Å². The van der Waals surface area contributed by atoms with E-state index in [1.165, 1.54) is 21.3 Å². The Bertz CT molecular complexity index is 379. The monoisotopic (exact) mass is 542 g/mol. The molecule has 1 saturated heterocycles. The van der Waals surface area contributed by atoms with Gasteiger partial charge in [-0.1, -0.05) is 0 Å². The van der Waals surface area contributed by atoms with Gasteiger partial charge in [0.05, 0.1) is 0 Å². The molecule has 0 spiro atoms. The fourth-order valence-corrected chi connectivity index (χ4v) is 40.1. The van der Waals surface area contributed by atoms with Crippen LogP contribution in [0, 0.1) is 0 Å². The van der Waals surface area contributed by atoms with E-state index in [0.717, 1.165) is 23.4 Å². The van der Waals surface area contributed by atoms with Crippen molar-refractivity contribution < 1.29 is 9.59 Å². The molecule has 0 bridgehead atoms. The summed E-state index contributed by atoms with van der Waals surface area (Å²) in [6, 6.07) is 0. The van der Waals surface area contributed by atoms with E-state index in [1.807, 2.05) is 13.8 Å². The molecule has 0 aromatic heterocycles. The summed E-state index contributed by atoms with van der Waals surface area (Å²) in [7, 11) is 0. The van der Waals surface area contributed by atoms with Crippen molar-refractivity contribution in [3.63, 3.8) is 0 Å². The molecule has 1 aliphatic heterocycles. The molecule has 0 amide bonds. The first-order chi connectivity index (χ1) is 9.36. The summed E-state index contributed by atoms with van der Waals surface area (Å²) in [5.74, 6) is 0. The Morgan fingerprint density at radius 1 is 1.10 bits per heavy atom. The van der Waals surface area contributed by atoms with Gasteiger partial charge in [0.15, 0.2) is 0 Å². The maximum atomic E-state index is 11.9. The van der Waals surface area contributed by atoms with Crippen molar-refractivity contribution in [1.29, 1.82) is 0 Å². The predicted octanol–water partition coefficient (Wildman–Crippen LogP) is 2.45. The molecule has 0 unspecified atom stereocenters. The Morgan fingerprint density at radius 3 is 1.95 bits per heavy atom. The average molecular weight is 538 g/mol. The van der Waals surface area contributed by atoms with Crippen LogP contribution in [0.15, 0.2) is 24.3 Å². The number of hydrogen-bond donors (Lipinski definition) is 0. The SMILES string of the molecule is C=C(C)C(=O)[Se]C[Se]1(C[Se]C(=O)C(=C)C)CCC[Se]C1. The summed E-state index contributed by atoms with van der Waals surface area (Å²) < 4.78 is 4.28. The summed E-state index contributed by atoms with van der Waals surface area (Å²) in [4.78, 5) is 23.7. The molecular formula is C14H22O2Se4. The van der Waals surface area contributed by atoms with E-state index in [0.29, 0.717) is 11.1 Å². The molecule has 0 atom stereocenters. The van der Waals surface area contributed by atoms with Crippen LogP contribution in [0.1, 0.15) is 20.3 Å². The van der Waals surface area contributed by atoms with Crippen molar-refractivity contribution in [3.8, 4) is 0 Å². The van der Waals surface area contributed by atoms with Crippen molar-refractivity contribution in [2.75, 3.05) is 0 Å². The summed E-state index contributed by atoms with van der Waals surface area (Å²) in [5, 5.41) is 2.75. The van der Waals surface area contributed by atoms with Gasteiger partial charge >= 0.3 is 145 Å². The summed E-state index contributed by atoms with van der Waals surface area (Å²) >= 11 is -0.633. The van der Waals surface area contributed by atoms with E-state index in [9.17, 15) is 9.59 Å². The second-order valence-electron chi connectivity index (χ2n) is 4.97. The Hall–Kier alpha value is 0.898. The quantitative estimate of drug-likeness (QED) is 0.352. The van der Waals surface area contributed by atoms with Gasteiger partial charge in [0.2, 0.25) is 0 Å². The third kappa shape index (κ3) is 6.34. The Labute approximate surface area is 143 Å². The third-order valence-electron chi connectivity index (χ3n) is 2.78. The van der Waals surface area contributed by atoms with Crippen molar-refractivity contribution in [2.24, 2.45) is 0 Å². The Kier molecular flexibility index (Phi) is 8.65. The van der Waals surface area contributed by atoms with Crippen molar-refractivity contribution in [3.05, 3.63) is 24.3 Å². The molecule has 0 radical (unpaired) electrons. The number of carbonyl (C=O) groups is 2. The number of allylic oxidation sites excluding steroid dienone is 2. The molecular weight excluding hydrogens is 516 g/mol. The topological polar surface area (TPSA) is 34.1 Å². The number of hydrogen-bond acceptors (Lipinski definition) is 2. The summed E-state index contributed by atoms with van der Waals surface area (Å²) in [6.07, 6.45) is 1.34. The zero-order chi connectivity index (χ0) is 15.2. The molecule has 0 saturated carbocycles. The molecule has 2 nitrogen and oxygen atoms in total. The average Bonchev–Trinajstić information content (AvgIpc) is 2.43. The van der Waals surface area contributed by atoms with Gasteiger partial charge in [0.1, 0.15) is 0 Å². The van der Waals surface area contributed by atoms with Crippen LogP contribution in [0.3, 0.4) is 0 Å². The standard InChI is InChI=1S/C14H22O2Se4/c1-11(2)13(15)18-9-20(7-5-6-17-8-20)10-19-14(16)12(3)4/h1,3,5-10H2,2,4H3. The second kappa shape index (κ2) is 9.13. The van der Waals surface area contributed by atoms with Gasteiger partial charge in [-0.25, -0.2) is 0 Å². The van der Waals surface area contributed by atoms with E-state index in [1.54, 1.807) is 0 Å². The van der Waals surface area contributed by atoms with Crippen LogP contribution in [-0.2, 0) is 9.59 Å². The summed E-state index contributed by atoms with van der Waals surface area (Å²) in [6.45, 7) is 11.2. The van der Waals surface area contributed by atoms with Gasteiger partial charge in [0, 0.05) is 0 Å². The molecule has 0 N–H and O–H groups in total. The molecule has 20 heavy (non-hydrogen) atoms. The van der Waals surface area contributed by atoms with Crippen LogP contribution in [0.25, 0.3) is 0 Å².